The highest BCUT2D eigenvalue weighted by molar-refractivity contribution is 6.70. The lowest BCUT2D eigenvalue weighted by atomic mass is 9.97. The van der Waals surface area contributed by atoms with Gasteiger partial charge in [0.15, 0.2) is 0 Å². The predicted molar refractivity (Wildman–Crippen MR) is 49.1 cm³/mol. The zero-order valence-corrected chi connectivity index (χ0v) is 10.2. The van der Waals surface area contributed by atoms with E-state index in [0.29, 0.717) is 10.2 Å². The number of hydrogen-bond donors (Lipinski definition) is 0. The summed E-state index contributed by atoms with van der Waals surface area (Å²) in [5, 5.41) is -0.866. The van der Waals surface area contributed by atoms with Crippen molar-refractivity contribution in [2.24, 2.45) is 0 Å². The molecule has 0 amide bonds. The lowest BCUT2D eigenvalue weighted by molar-refractivity contribution is -0.114. The molecular weight excluding hydrogens is 187 g/mol. The van der Waals surface area contributed by atoms with E-state index in [2.05, 4.69) is 0 Å². The fourth-order valence-electron chi connectivity index (χ4n) is 0.234. The zero-order chi connectivity index (χ0) is 8.58. The highest BCUT2D eigenvalue weighted by atomic mass is 35.5. The van der Waals surface area contributed by atoms with Crippen molar-refractivity contribution in [3.63, 3.8) is 0 Å². The van der Waals surface area contributed by atoms with Crippen molar-refractivity contribution in [2.75, 3.05) is 0 Å². The minimum absolute atomic E-state index is 0.334. The van der Waals surface area contributed by atoms with E-state index < -0.39 is 9.91 Å². The Morgan fingerprint density at radius 1 is 1.40 bits per heavy atom. The molecule has 0 saturated heterocycles. The second-order valence-electron chi connectivity index (χ2n) is 3.37. The highest BCUT2D eigenvalue weighted by Crippen LogP contribution is 2.41. The summed E-state index contributed by atoms with van der Waals surface area (Å²) in [4.78, 5) is 10.3. The van der Waals surface area contributed by atoms with Gasteiger partial charge in [0.2, 0.25) is 5.24 Å². The van der Waals surface area contributed by atoms with Gasteiger partial charge >= 0.3 is 0 Å². The molecule has 0 heterocycles. The third-order valence-corrected chi connectivity index (χ3v) is 5.26. The van der Waals surface area contributed by atoms with Gasteiger partial charge in [-0.2, -0.15) is 0 Å². The molecule has 0 N–H and O–H groups in total. The van der Waals surface area contributed by atoms with Crippen LogP contribution >= 0.6 is 23.2 Å². The summed E-state index contributed by atoms with van der Waals surface area (Å²) < 4.78 is 0. The van der Waals surface area contributed by atoms with Crippen LogP contribution < -0.4 is 0 Å². The van der Waals surface area contributed by atoms with E-state index in [-0.39, 0.29) is 5.24 Å². The molecule has 60 valence electrons. The minimum atomic E-state index is -0.532. The fourth-order valence-corrected chi connectivity index (χ4v) is 0.604. The molecule has 0 aliphatic heterocycles. The average molecular weight is 199 g/mol. The summed E-state index contributed by atoms with van der Waals surface area (Å²) in [6, 6.07) is 0. The van der Waals surface area contributed by atoms with E-state index in [1.807, 2.05) is 13.8 Å². The molecule has 1 unspecified atom stereocenters. The van der Waals surface area contributed by atoms with Crippen molar-refractivity contribution in [3.05, 3.63) is 0 Å². The van der Waals surface area contributed by atoms with Gasteiger partial charge in [0.25, 0.3) is 0 Å². The molecule has 10 heavy (non-hydrogen) atoms. The minimum Gasteiger partial charge on any atom is -0.281 e. The second-order valence-corrected chi connectivity index (χ2v) is 6.66. The molecule has 0 bridgehead atoms. The van der Waals surface area contributed by atoms with E-state index in [0.717, 1.165) is 0 Å². The molecular formula is C6H12Cl2OSi. The van der Waals surface area contributed by atoms with Gasteiger partial charge in [0.05, 0.1) is 0 Å². The molecule has 0 radical (unpaired) electrons. The number of carbonyl (C=O) groups is 1. The largest absolute Gasteiger partial charge is 0.281 e. The van der Waals surface area contributed by atoms with Crippen LogP contribution in [-0.4, -0.2) is 20.4 Å². The first-order valence-electron chi connectivity index (χ1n) is 3.08. The van der Waals surface area contributed by atoms with Crippen LogP contribution in [-0.2, 0) is 4.79 Å². The van der Waals surface area contributed by atoms with Crippen LogP contribution in [0.25, 0.3) is 0 Å². The summed E-state index contributed by atoms with van der Waals surface area (Å²) in [6.45, 7) is 5.41. The van der Waals surface area contributed by atoms with E-state index in [9.17, 15) is 4.79 Å². The smallest absolute Gasteiger partial charge is 0.225 e. The van der Waals surface area contributed by atoms with E-state index in [1.54, 1.807) is 6.92 Å². The van der Waals surface area contributed by atoms with Crippen LogP contribution in [0.4, 0.5) is 0 Å². The zero-order valence-electron chi connectivity index (χ0n) is 6.66. The Morgan fingerprint density at radius 3 is 1.70 bits per heavy atom. The Morgan fingerprint density at radius 2 is 1.70 bits per heavy atom. The number of carbonyl (C=O) groups excluding carboxylic acids is 1. The standard InChI is InChI=1S/C6H12Cl2OSi/c1-5(2,8)6(3,10)4(7)9/h1-3,10H3. The van der Waals surface area contributed by atoms with Gasteiger partial charge in [-0.25, -0.2) is 0 Å². The highest BCUT2D eigenvalue weighted by Gasteiger charge is 2.40. The van der Waals surface area contributed by atoms with Gasteiger partial charge in [-0.15, -0.1) is 11.6 Å². The Kier molecular flexibility index (Phi) is 2.97. The topological polar surface area (TPSA) is 17.1 Å². The van der Waals surface area contributed by atoms with Gasteiger partial charge in [-0.3, -0.25) is 4.79 Å². The maximum atomic E-state index is 10.8. The normalized spacial score (nSPS) is 18.5. The molecule has 0 aliphatic carbocycles. The maximum absolute atomic E-state index is 10.8. The fraction of sp³-hybridized carbons (Fsp3) is 0.833. The Bertz CT molecular complexity index is 148. The van der Waals surface area contributed by atoms with Crippen LogP contribution in [0.15, 0.2) is 0 Å². The maximum Gasteiger partial charge on any atom is 0.225 e. The first kappa shape index (κ1) is 10.5. The molecule has 0 fully saturated rings. The number of alkyl halides is 1. The summed E-state index contributed by atoms with van der Waals surface area (Å²) in [5.41, 5.74) is 0. The molecule has 0 rings (SSSR count). The molecule has 1 atom stereocenters. The molecule has 0 aromatic rings. The SMILES string of the molecule is CC(C)(Cl)C(C)([SiH3])C(=O)Cl. The van der Waals surface area contributed by atoms with Crippen molar-refractivity contribution in [1.29, 1.82) is 0 Å². The lowest BCUT2D eigenvalue weighted by Crippen LogP contribution is -2.35. The van der Waals surface area contributed by atoms with Gasteiger partial charge in [-0.1, -0.05) is 6.92 Å². The van der Waals surface area contributed by atoms with Gasteiger partial charge < -0.3 is 0 Å². The Balaban J connectivity index is 4.57. The summed E-state index contributed by atoms with van der Waals surface area (Å²) in [6.07, 6.45) is 0. The first-order valence-corrected chi connectivity index (χ1v) is 4.84. The summed E-state index contributed by atoms with van der Waals surface area (Å²) in [7, 11) is 0.678. The lowest BCUT2D eigenvalue weighted by Gasteiger charge is -2.32. The third kappa shape index (κ3) is 1.97. The predicted octanol–water partition coefficient (Wildman–Crippen LogP) is 1.31. The summed E-state index contributed by atoms with van der Waals surface area (Å²) in [5.74, 6) is 0. The molecule has 0 aliphatic rings. The number of hydrogen-bond acceptors (Lipinski definition) is 1. The van der Waals surface area contributed by atoms with Gasteiger partial charge in [0, 0.05) is 20.2 Å². The number of halogens is 2. The van der Waals surface area contributed by atoms with Crippen molar-refractivity contribution in [1.82, 2.24) is 0 Å². The van der Waals surface area contributed by atoms with Crippen LogP contribution in [0, 0.1) is 0 Å². The van der Waals surface area contributed by atoms with Crippen LogP contribution in [0.3, 0.4) is 0 Å². The Hall–Kier alpha value is 0.467. The second kappa shape index (κ2) is 2.84. The van der Waals surface area contributed by atoms with Gasteiger partial charge in [-0.05, 0) is 25.4 Å². The van der Waals surface area contributed by atoms with E-state index in [1.165, 1.54) is 0 Å². The first-order chi connectivity index (χ1) is 4.19. The third-order valence-electron chi connectivity index (χ3n) is 1.98. The van der Waals surface area contributed by atoms with Crippen LogP contribution in [0.2, 0.25) is 5.04 Å². The van der Waals surface area contributed by atoms with Crippen LogP contribution in [0.1, 0.15) is 20.8 Å². The van der Waals surface area contributed by atoms with E-state index in [4.69, 9.17) is 23.2 Å². The number of rotatable bonds is 2. The van der Waals surface area contributed by atoms with Crippen LogP contribution in [0.5, 0.6) is 0 Å². The summed E-state index contributed by atoms with van der Waals surface area (Å²) >= 11 is 11.3. The van der Waals surface area contributed by atoms with Crippen molar-refractivity contribution < 1.29 is 4.79 Å². The van der Waals surface area contributed by atoms with Crippen molar-refractivity contribution in [3.8, 4) is 0 Å². The average Bonchev–Trinajstić information content (AvgIpc) is 1.62. The van der Waals surface area contributed by atoms with E-state index >= 15 is 0 Å². The molecule has 0 spiro atoms. The van der Waals surface area contributed by atoms with Gasteiger partial charge in [0.1, 0.15) is 0 Å². The Labute approximate surface area is 74.5 Å². The molecule has 1 nitrogen and oxygen atoms in total. The molecule has 0 aromatic heterocycles. The molecule has 0 saturated carbocycles. The quantitative estimate of drug-likeness (QED) is 0.372. The molecule has 0 aromatic carbocycles. The van der Waals surface area contributed by atoms with Crippen molar-refractivity contribution >= 4 is 38.7 Å². The monoisotopic (exact) mass is 198 g/mol. The molecule has 4 heteroatoms. The van der Waals surface area contributed by atoms with Crippen molar-refractivity contribution in [2.45, 2.75) is 30.7 Å².